The molecule has 0 radical (unpaired) electrons. The van der Waals surface area contributed by atoms with Crippen LogP contribution < -0.4 is 19.7 Å². The molecule has 0 bridgehead atoms. The predicted octanol–water partition coefficient (Wildman–Crippen LogP) is 4.61. The number of amides is 2. The molecule has 33 heavy (non-hydrogen) atoms. The molecule has 1 aliphatic heterocycles. The van der Waals surface area contributed by atoms with Crippen LogP contribution in [0.15, 0.2) is 66.0 Å². The van der Waals surface area contributed by atoms with Crippen LogP contribution in [0.3, 0.4) is 0 Å². The number of hydrogen-bond donors (Lipinski definition) is 1. The zero-order chi connectivity index (χ0) is 23.2. The maximum atomic E-state index is 13.4. The lowest BCUT2D eigenvalue weighted by Gasteiger charge is -2.41. The first-order valence-corrected chi connectivity index (χ1v) is 11.9. The van der Waals surface area contributed by atoms with Gasteiger partial charge in [0.2, 0.25) is 11.8 Å². The zero-order valence-corrected chi connectivity index (χ0v) is 19.6. The van der Waals surface area contributed by atoms with Crippen molar-refractivity contribution >= 4 is 28.8 Å². The Labute approximate surface area is 198 Å². The predicted molar refractivity (Wildman–Crippen MR) is 130 cm³/mol. The molecule has 1 saturated heterocycles. The molecule has 2 unspecified atom stereocenters. The third-order valence-corrected chi connectivity index (χ3v) is 6.93. The van der Waals surface area contributed by atoms with Gasteiger partial charge in [-0.2, -0.15) is 0 Å². The molecule has 0 saturated carbocycles. The normalized spacial score (nSPS) is 18.1. The van der Waals surface area contributed by atoms with Crippen molar-refractivity contribution in [1.29, 1.82) is 0 Å². The van der Waals surface area contributed by atoms with Crippen LogP contribution in [0.2, 0.25) is 0 Å². The number of methoxy groups -OCH3 is 2. The number of anilines is 1. The number of piperidine rings is 1. The average molecular weight is 465 g/mol. The highest BCUT2D eigenvalue weighted by atomic mass is 32.1. The molecule has 2 heterocycles. The van der Waals surface area contributed by atoms with Gasteiger partial charge < -0.3 is 19.7 Å². The van der Waals surface area contributed by atoms with Crippen LogP contribution in [-0.4, -0.2) is 32.6 Å². The third kappa shape index (κ3) is 5.03. The Morgan fingerprint density at radius 3 is 2.55 bits per heavy atom. The number of ether oxygens (including phenoxy) is 2. The van der Waals surface area contributed by atoms with Crippen molar-refractivity contribution in [2.24, 2.45) is 5.92 Å². The quantitative estimate of drug-likeness (QED) is 0.529. The van der Waals surface area contributed by atoms with Gasteiger partial charge >= 0.3 is 0 Å². The molecule has 2 amide bonds. The van der Waals surface area contributed by atoms with Gasteiger partial charge in [-0.3, -0.25) is 9.59 Å². The highest BCUT2D eigenvalue weighted by Gasteiger charge is 2.42. The Morgan fingerprint density at radius 2 is 1.85 bits per heavy atom. The number of thiophene rings is 1. The zero-order valence-electron chi connectivity index (χ0n) is 18.8. The van der Waals surface area contributed by atoms with E-state index in [1.165, 1.54) is 4.88 Å². The van der Waals surface area contributed by atoms with Gasteiger partial charge in [0.1, 0.15) is 11.5 Å². The summed E-state index contributed by atoms with van der Waals surface area (Å²) < 4.78 is 10.9. The fourth-order valence-electron chi connectivity index (χ4n) is 4.38. The minimum absolute atomic E-state index is 0.0151. The van der Waals surface area contributed by atoms with Crippen molar-refractivity contribution in [3.63, 3.8) is 0 Å². The van der Waals surface area contributed by atoms with E-state index in [0.717, 1.165) is 17.7 Å². The van der Waals surface area contributed by atoms with E-state index in [-0.39, 0.29) is 11.8 Å². The molecule has 1 aliphatic rings. The molecular weight excluding hydrogens is 436 g/mol. The molecule has 1 N–H and O–H groups in total. The molecule has 3 aromatic rings. The average Bonchev–Trinajstić information content (AvgIpc) is 3.37. The van der Waals surface area contributed by atoms with Crippen LogP contribution in [0.1, 0.15) is 29.3 Å². The van der Waals surface area contributed by atoms with E-state index in [0.29, 0.717) is 30.9 Å². The van der Waals surface area contributed by atoms with Gasteiger partial charge in [-0.25, -0.2) is 0 Å². The first kappa shape index (κ1) is 22.9. The summed E-state index contributed by atoms with van der Waals surface area (Å²) in [6.07, 6.45) is 1.58. The van der Waals surface area contributed by atoms with E-state index in [2.05, 4.69) is 11.4 Å². The summed E-state index contributed by atoms with van der Waals surface area (Å²) in [7, 11) is 3.21. The van der Waals surface area contributed by atoms with E-state index < -0.39 is 12.0 Å². The summed E-state index contributed by atoms with van der Waals surface area (Å²) in [5.41, 5.74) is 1.55. The van der Waals surface area contributed by atoms with Crippen LogP contribution in [0.5, 0.6) is 11.5 Å². The fraction of sp³-hybridized carbons (Fsp3) is 0.308. The Bertz CT molecular complexity index is 1080. The number of carbonyl (C=O) groups is 2. The molecule has 172 valence electrons. The largest absolute Gasteiger partial charge is 0.497 e. The summed E-state index contributed by atoms with van der Waals surface area (Å²) >= 11 is 1.68. The smallest absolute Gasteiger partial charge is 0.227 e. The van der Waals surface area contributed by atoms with Gasteiger partial charge in [-0.15, -0.1) is 11.3 Å². The Morgan fingerprint density at radius 1 is 1.06 bits per heavy atom. The molecule has 0 aliphatic carbocycles. The molecule has 1 aromatic heterocycles. The van der Waals surface area contributed by atoms with Crippen LogP contribution in [0.25, 0.3) is 0 Å². The lowest BCUT2D eigenvalue weighted by Crippen LogP contribution is -2.48. The first-order valence-electron chi connectivity index (χ1n) is 11.0. The van der Waals surface area contributed by atoms with E-state index in [9.17, 15) is 9.59 Å². The van der Waals surface area contributed by atoms with E-state index >= 15 is 0 Å². The van der Waals surface area contributed by atoms with E-state index in [1.807, 2.05) is 60.0 Å². The third-order valence-electron chi connectivity index (χ3n) is 5.99. The number of benzene rings is 2. The summed E-state index contributed by atoms with van der Waals surface area (Å²) in [4.78, 5) is 29.6. The van der Waals surface area contributed by atoms with Crippen molar-refractivity contribution in [3.05, 3.63) is 76.5 Å². The summed E-state index contributed by atoms with van der Waals surface area (Å²) in [6.45, 7) is 0.560. The van der Waals surface area contributed by atoms with Crippen LogP contribution in [0.4, 0.5) is 5.69 Å². The van der Waals surface area contributed by atoms with Crippen molar-refractivity contribution < 1.29 is 19.1 Å². The minimum atomic E-state index is -0.475. The maximum Gasteiger partial charge on any atom is 0.227 e. The number of para-hydroxylation sites is 1. The second-order valence-electron chi connectivity index (χ2n) is 7.91. The number of nitrogens with one attached hydrogen (secondary N) is 1. The van der Waals surface area contributed by atoms with Crippen molar-refractivity contribution in [3.8, 4) is 11.5 Å². The van der Waals surface area contributed by atoms with Crippen molar-refractivity contribution in [2.75, 3.05) is 25.7 Å². The second kappa shape index (κ2) is 10.5. The van der Waals surface area contributed by atoms with Gasteiger partial charge in [0.05, 0.1) is 26.2 Å². The van der Waals surface area contributed by atoms with Crippen molar-refractivity contribution in [1.82, 2.24) is 5.32 Å². The van der Waals surface area contributed by atoms with E-state index in [4.69, 9.17) is 9.47 Å². The number of rotatable bonds is 8. The second-order valence-corrected chi connectivity index (χ2v) is 8.95. The molecule has 6 nitrogen and oxygen atoms in total. The monoisotopic (exact) mass is 464 g/mol. The Hall–Kier alpha value is -3.32. The SMILES string of the molecule is COc1ccc(N2C(=O)CCC(C(=O)NCCc3cccs3)C2c2ccccc2OC)cc1. The number of hydrogen-bond acceptors (Lipinski definition) is 5. The maximum absolute atomic E-state index is 13.4. The summed E-state index contributed by atoms with van der Waals surface area (Å²) in [5.74, 6) is 0.906. The van der Waals surface area contributed by atoms with Crippen molar-refractivity contribution in [2.45, 2.75) is 25.3 Å². The van der Waals surface area contributed by atoms with Crippen LogP contribution >= 0.6 is 11.3 Å². The molecule has 7 heteroatoms. The molecule has 2 atom stereocenters. The van der Waals surface area contributed by atoms with Gasteiger partial charge in [-0.1, -0.05) is 24.3 Å². The van der Waals surface area contributed by atoms with Gasteiger partial charge in [0.25, 0.3) is 0 Å². The highest BCUT2D eigenvalue weighted by molar-refractivity contribution is 7.09. The van der Waals surface area contributed by atoms with Gasteiger partial charge in [0, 0.05) is 29.1 Å². The summed E-state index contributed by atoms with van der Waals surface area (Å²) in [5, 5.41) is 5.14. The molecule has 1 fully saturated rings. The lowest BCUT2D eigenvalue weighted by atomic mass is 9.82. The van der Waals surface area contributed by atoms with Crippen LogP contribution in [-0.2, 0) is 16.0 Å². The molecular formula is C26H28N2O4S. The molecule has 2 aromatic carbocycles. The number of nitrogens with zero attached hydrogens (tertiary/aromatic N) is 1. The minimum Gasteiger partial charge on any atom is -0.497 e. The Balaban J connectivity index is 1.66. The molecule has 0 spiro atoms. The first-order chi connectivity index (χ1) is 16.1. The van der Waals surface area contributed by atoms with Crippen LogP contribution in [0, 0.1) is 5.92 Å². The fourth-order valence-corrected chi connectivity index (χ4v) is 5.08. The number of carbonyl (C=O) groups excluding carboxylic acids is 2. The highest BCUT2D eigenvalue weighted by Crippen LogP contribution is 2.43. The topological polar surface area (TPSA) is 67.9 Å². The lowest BCUT2D eigenvalue weighted by molar-refractivity contribution is -0.129. The molecule has 4 rings (SSSR count). The summed E-state index contributed by atoms with van der Waals surface area (Å²) in [6, 6.07) is 18.6. The van der Waals surface area contributed by atoms with E-state index in [1.54, 1.807) is 30.5 Å². The van der Waals surface area contributed by atoms with Gasteiger partial charge in [0.15, 0.2) is 0 Å². The van der Waals surface area contributed by atoms with Gasteiger partial charge in [-0.05, 0) is 54.6 Å². The standard InChI is InChI=1S/C26H28N2O4S/c1-31-19-11-9-18(10-12-19)28-24(29)14-13-22(25(28)21-7-3-4-8-23(21)32-2)26(30)27-16-15-20-6-5-17-33-20/h3-12,17,22,25H,13-16H2,1-2H3,(H,27,30). The Kier molecular flexibility index (Phi) is 7.29.